The highest BCUT2D eigenvalue weighted by molar-refractivity contribution is 9.10. The Morgan fingerprint density at radius 1 is 1.33 bits per heavy atom. The molecule has 0 spiro atoms. The summed E-state index contributed by atoms with van der Waals surface area (Å²) in [4.78, 5) is 0. The lowest BCUT2D eigenvalue weighted by Crippen LogP contribution is -2.16. The second kappa shape index (κ2) is 5.91. The Labute approximate surface area is 120 Å². The minimum atomic E-state index is 0.210. The predicted molar refractivity (Wildman–Crippen MR) is 78.9 cm³/mol. The van der Waals surface area contributed by atoms with Gasteiger partial charge in [0.05, 0.1) is 6.04 Å². The molecule has 0 aliphatic carbocycles. The molecule has 1 unspecified atom stereocenters. The second-order valence-electron chi connectivity index (χ2n) is 4.11. The first-order valence-electron chi connectivity index (χ1n) is 5.90. The Morgan fingerprint density at radius 2 is 2.11 bits per heavy atom. The lowest BCUT2D eigenvalue weighted by Gasteiger charge is -2.08. The van der Waals surface area contributed by atoms with Crippen molar-refractivity contribution in [2.75, 3.05) is 6.54 Å². The SMILES string of the molecule is CCNC(C)c1ccc(-c2cc(Cl)ccc2Br)o1. The third kappa shape index (κ3) is 2.97. The van der Waals surface area contributed by atoms with Crippen LogP contribution >= 0.6 is 27.5 Å². The summed E-state index contributed by atoms with van der Waals surface area (Å²) in [7, 11) is 0. The van der Waals surface area contributed by atoms with Gasteiger partial charge < -0.3 is 9.73 Å². The molecule has 18 heavy (non-hydrogen) atoms. The van der Waals surface area contributed by atoms with Crippen molar-refractivity contribution in [2.45, 2.75) is 19.9 Å². The van der Waals surface area contributed by atoms with Gasteiger partial charge in [0.25, 0.3) is 0 Å². The quantitative estimate of drug-likeness (QED) is 0.851. The maximum atomic E-state index is 6.01. The average Bonchev–Trinajstić information content (AvgIpc) is 2.82. The fraction of sp³-hybridized carbons (Fsp3) is 0.286. The van der Waals surface area contributed by atoms with Crippen LogP contribution in [0.25, 0.3) is 11.3 Å². The van der Waals surface area contributed by atoms with E-state index in [1.54, 1.807) is 0 Å². The smallest absolute Gasteiger partial charge is 0.135 e. The molecule has 4 heteroatoms. The number of hydrogen-bond acceptors (Lipinski definition) is 2. The zero-order valence-corrected chi connectivity index (χ0v) is 12.7. The van der Waals surface area contributed by atoms with Crippen LogP contribution in [0.15, 0.2) is 39.2 Å². The Kier molecular flexibility index (Phi) is 4.49. The highest BCUT2D eigenvalue weighted by atomic mass is 79.9. The van der Waals surface area contributed by atoms with E-state index in [1.807, 2.05) is 30.3 Å². The third-order valence-corrected chi connectivity index (χ3v) is 3.68. The molecule has 1 aromatic heterocycles. The van der Waals surface area contributed by atoms with Crippen LogP contribution < -0.4 is 5.32 Å². The second-order valence-corrected chi connectivity index (χ2v) is 5.40. The molecule has 0 bridgehead atoms. The highest BCUT2D eigenvalue weighted by Crippen LogP contribution is 2.33. The van der Waals surface area contributed by atoms with Crippen molar-refractivity contribution in [1.29, 1.82) is 0 Å². The average molecular weight is 329 g/mol. The monoisotopic (exact) mass is 327 g/mol. The summed E-state index contributed by atoms with van der Waals surface area (Å²) in [5, 5.41) is 4.02. The normalized spacial score (nSPS) is 12.7. The van der Waals surface area contributed by atoms with Crippen LogP contribution in [0.5, 0.6) is 0 Å². The lowest BCUT2D eigenvalue weighted by atomic mass is 10.2. The van der Waals surface area contributed by atoms with Gasteiger partial charge in [0.1, 0.15) is 11.5 Å². The fourth-order valence-corrected chi connectivity index (χ4v) is 2.44. The summed E-state index contributed by atoms with van der Waals surface area (Å²) in [6.45, 7) is 5.07. The summed E-state index contributed by atoms with van der Waals surface area (Å²) in [5.74, 6) is 1.75. The van der Waals surface area contributed by atoms with E-state index in [0.717, 1.165) is 28.1 Å². The molecule has 0 aliphatic heterocycles. The molecule has 0 fully saturated rings. The van der Waals surface area contributed by atoms with Crippen molar-refractivity contribution in [2.24, 2.45) is 0 Å². The van der Waals surface area contributed by atoms with Gasteiger partial charge in [-0.25, -0.2) is 0 Å². The molecule has 1 atom stereocenters. The Morgan fingerprint density at radius 3 is 2.83 bits per heavy atom. The molecule has 1 aromatic carbocycles. The Balaban J connectivity index is 2.32. The molecule has 2 aromatic rings. The van der Waals surface area contributed by atoms with E-state index in [-0.39, 0.29) is 6.04 Å². The van der Waals surface area contributed by atoms with Crippen LogP contribution in [0.3, 0.4) is 0 Å². The number of furan rings is 1. The topological polar surface area (TPSA) is 25.2 Å². The first-order chi connectivity index (χ1) is 8.61. The molecule has 0 amide bonds. The standard InChI is InChI=1S/C14H15BrClNO/c1-3-17-9(2)13-6-7-14(18-13)11-8-10(16)4-5-12(11)15/h4-9,17H,3H2,1-2H3. The number of rotatable bonds is 4. The lowest BCUT2D eigenvalue weighted by molar-refractivity contribution is 0.445. The number of nitrogens with one attached hydrogen (secondary N) is 1. The van der Waals surface area contributed by atoms with Gasteiger partial charge in [-0.05, 0) is 43.8 Å². The van der Waals surface area contributed by atoms with Crippen molar-refractivity contribution in [3.05, 3.63) is 45.6 Å². The largest absolute Gasteiger partial charge is 0.459 e. The van der Waals surface area contributed by atoms with E-state index in [1.165, 1.54) is 0 Å². The van der Waals surface area contributed by atoms with Gasteiger partial charge in [-0.2, -0.15) is 0 Å². The summed E-state index contributed by atoms with van der Waals surface area (Å²) < 4.78 is 6.84. The molecule has 1 N–H and O–H groups in total. The molecular weight excluding hydrogens is 314 g/mol. The van der Waals surface area contributed by atoms with Crippen LogP contribution in [0, 0.1) is 0 Å². The van der Waals surface area contributed by atoms with Gasteiger partial charge in [0.2, 0.25) is 0 Å². The third-order valence-electron chi connectivity index (χ3n) is 2.76. The van der Waals surface area contributed by atoms with Gasteiger partial charge in [-0.15, -0.1) is 0 Å². The van der Waals surface area contributed by atoms with Crippen molar-refractivity contribution < 1.29 is 4.42 Å². The molecule has 1 heterocycles. The van der Waals surface area contributed by atoms with Crippen LogP contribution in [-0.2, 0) is 0 Å². The van der Waals surface area contributed by atoms with Crippen molar-refractivity contribution in [1.82, 2.24) is 5.32 Å². The minimum Gasteiger partial charge on any atom is -0.459 e. The maximum Gasteiger partial charge on any atom is 0.135 e. The van der Waals surface area contributed by atoms with E-state index in [9.17, 15) is 0 Å². The predicted octanol–water partition coefficient (Wildman–Crippen LogP) is 5.03. The van der Waals surface area contributed by atoms with Crippen LogP contribution in [-0.4, -0.2) is 6.54 Å². The summed E-state index contributed by atoms with van der Waals surface area (Å²) in [5.41, 5.74) is 0.970. The van der Waals surface area contributed by atoms with Crippen molar-refractivity contribution in [3.63, 3.8) is 0 Å². The fourth-order valence-electron chi connectivity index (χ4n) is 1.82. The summed E-state index contributed by atoms with van der Waals surface area (Å²) in [6.07, 6.45) is 0. The Bertz CT molecular complexity index is 538. The highest BCUT2D eigenvalue weighted by Gasteiger charge is 2.12. The van der Waals surface area contributed by atoms with Gasteiger partial charge in [0.15, 0.2) is 0 Å². The van der Waals surface area contributed by atoms with Gasteiger partial charge in [-0.3, -0.25) is 0 Å². The zero-order chi connectivity index (χ0) is 13.1. The molecule has 0 aliphatic rings. The molecule has 2 nitrogen and oxygen atoms in total. The maximum absolute atomic E-state index is 6.01. The molecule has 2 rings (SSSR count). The van der Waals surface area contributed by atoms with Crippen LogP contribution in [0.2, 0.25) is 5.02 Å². The van der Waals surface area contributed by atoms with Crippen molar-refractivity contribution in [3.8, 4) is 11.3 Å². The van der Waals surface area contributed by atoms with E-state index >= 15 is 0 Å². The van der Waals surface area contributed by atoms with Crippen LogP contribution in [0.4, 0.5) is 0 Å². The molecular formula is C14H15BrClNO. The van der Waals surface area contributed by atoms with E-state index in [0.29, 0.717) is 5.02 Å². The first-order valence-corrected chi connectivity index (χ1v) is 7.07. The molecule has 96 valence electrons. The van der Waals surface area contributed by atoms with Crippen LogP contribution in [0.1, 0.15) is 25.6 Å². The summed E-state index contributed by atoms with van der Waals surface area (Å²) >= 11 is 9.52. The number of benzene rings is 1. The van der Waals surface area contributed by atoms with Crippen molar-refractivity contribution >= 4 is 27.5 Å². The zero-order valence-electron chi connectivity index (χ0n) is 10.3. The van der Waals surface area contributed by atoms with E-state index in [4.69, 9.17) is 16.0 Å². The molecule has 0 saturated heterocycles. The van der Waals surface area contributed by atoms with Gasteiger partial charge in [0, 0.05) is 15.1 Å². The molecule has 0 radical (unpaired) electrons. The van der Waals surface area contributed by atoms with E-state index in [2.05, 4.69) is 35.1 Å². The minimum absolute atomic E-state index is 0.210. The van der Waals surface area contributed by atoms with Gasteiger partial charge in [-0.1, -0.05) is 34.5 Å². The summed E-state index contributed by atoms with van der Waals surface area (Å²) in [6, 6.07) is 9.84. The van der Waals surface area contributed by atoms with Gasteiger partial charge >= 0.3 is 0 Å². The Hall–Kier alpha value is -0.770. The number of hydrogen-bond donors (Lipinski definition) is 1. The first kappa shape index (κ1) is 13.7. The number of halogens is 2. The van der Waals surface area contributed by atoms with E-state index < -0.39 is 0 Å². The molecule has 0 saturated carbocycles.